The summed E-state index contributed by atoms with van der Waals surface area (Å²) in [5, 5.41) is 0. The molecule has 0 saturated heterocycles. The zero-order valence-corrected chi connectivity index (χ0v) is 22.7. The Morgan fingerprint density at radius 3 is 1.44 bits per heavy atom. The van der Waals surface area contributed by atoms with Crippen LogP contribution in [0.4, 0.5) is 0 Å². The molecule has 0 saturated carbocycles. The highest BCUT2D eigenvalue weighted by molar-refractivity contribution is 9.10. The van der Waals surface area contributed by atoms with Crippen LogP contribution in [0.5, 0.6) is 0 Å². The van der Waals surface area contributed by atoms with Crippen LogP contribution >= 0.6 is 31.9 Å². The van der Waals surface area contributed by atoms with Crippen molar-refractivity contribution in [3.05, 3.63) is 103 Å². The van der Waals surface area contributed by atoms with E-state index in [1.54, 1.807) is 0 Å². The Hall–Kier alpha value is -3.72. The molecule has 8 heteroatoms. The van der Waals surface area contributed by atoms with Crippen LogP contribution < -0.4 is 22.9 Å². The van der Waals surface area contributed by atoms with Crippen molar-refractivity contribution in [3.8, 4) is 23.7 Å². The Morgan fingerprint density at radius 2 is 1.06 bits per heavy atom. The summed E-state index contributed by atoms with van der Waals surface area (Å²) in [5.41, 5.74) is 27.4. The van der Waals surface area contributed by atoms with E-state index < -0.39 is 0 Å². The Kier molecular flexibility index (Phi) is 10.00. The molecular weight excluding hydrogens is 580 g/mol. The minimum atomic E-state index is 0.102. The second-order valence-corrected chi connectivity index (χ2v) is 9.53. The van der Waals surface area contributed by atoms with Gasteiger partial charge >= 0.3 is 0 Å². The molecule has 3 aromatic rings. The van der Waals surface area contributed by atoms with Gasteiger partial charge in [0, 0.05) is 44.3 Å². The van der Waals surface area contributed by atoms with E-state index in [-0.39, 0.29) is 11.9 Å². The van der Waals surface area contributed by atoms with Crippen molar-refractivity contribution < 1.29 is 0 Å². The lowest BCUT2D eigenvalue weighted by molar-refractivity contribution is 0.961. The van der Waals surface area contributed by atoms with Crippen molar-refractivity contribution in [1.29, 1.82) is 0 Å². The lowest BCUT2D eigenvalue weighted by Crippen LogP contribution is -2.23. The van der Waals surface area contributed by atoms with E-state index in [0.29, 0.717) is 13.1 Å². The van der Waals surface area contributed by atoms with Crippen LogP contribution in [-0.4, -0.2) is 25.0 Å². The first-order valence-electron chi connectivity index (χ1n) is 11.1. The quantitative estimate of drug-likeness (QED) is 0.194. The Labute approximate surface area is 228 Å². The number of halogens is 2. The molecule has 0 heterocycles. The summed E-state index contributed by atoms with van der Waals surface area (Å²) in [7, 11) is 0. The third-order valence-electron chi connectivity index (χ3n) is 5.00. The molecule has 8 N–H and O–H groups in total. The fourth-order valence-corrected chi connectivity index (χ4v) is 4.26. The fraction of sp³-hybridized carbons (Fsp3) is 0.143. The van der Waals surface area contributed by atoms with Gasteiger partial charge in [-0.15, -0.1) is 0 Å². The van der Waals surface area contributed by atoms with E-state index in [1.165, 1.54) is 0 Å². The molecule has 0 aliphatic rings. The zero-order valence-electron chi connectivity index (χ0n) is 19.6. The van der Waals surface area contributed by atoms with Gasteiger partial charge in [0.05, 0.1) is 0 Å². The van der Waals surface area contributed by atoms with Crippen molar-refractivity contribution >= 4 is 43.8 Å². The van der Waals surface area contributed by atoms with Crippen molar-refractivity contribution in [3.63, 3.8) is 0 Å². The maximum absolute atomic E-state index is 5.38. The van der Waals surface area contributed by atoms with Gasteiger partial charge in [0.1, 0.15) is 0 Å². The van der Waals surface area contributed by atoms with Crippen LogP contribution in [0, 0.1) is 23.7 Å². The fourth-order valence-electron chi connectivity index (χ4n) is 3.21. The maximum Gasteiger partial charge on any atom is 0.185 e. The highest BCUT2D eigenvalue weighted by Crippen LogP contribution is 2.20. The molecule has 182 valence electrons. The van der Waals surface area contributed by atoms with Gasteiger partial charge in [-0.05, 0) is 98.3 Å². The molecule has 0 amide bonds. The summed E-state index contributed by atoms with van der Waals surface area (Å²) in [6, 6.07) is 20.0. The number of benzene rings is 3. The van der Waals surface area contributed by atoms with Gasteiger partial charge in [0.2, 0.25) is 0 Å². The normalized spacial score (nSPS) is 9.83. The number of hydrogen-bond acceptors (Lipinski definition) is 2. The first-order chi connectivity index (χ1) is 17.3. The Balaban J connectivity index is 1.70. The molecule has 0 aliphatic carbocycles. The molecule has 6 nitrogen and oxygen atoms in total. The lowest BCUT2D eigenvalue weighted by Gasteiger charge is -2.02. The molecule has 0 unspecified atom stereocenters. The van der Waals surface area contributed by atoms with Crippen molar-refractivity contribution in [1.82, 2.24) is 0 Å². The van der Waals surface area contributed by atoms with E-state index in [1.807, 2.05) is 60.7 Å². The number of guanidine groups is 2. The number of aliphatic imine (C=N–C) groups is 2. The SMILES string of the molecule is NC(N)=NCCc1ccc(C#Cc2cccc(C#Cc3ccc(CCN=C(N)N)cc3Br)c2)c(Br)c1. The van der Waals surface area contributed by atoms with Crippen LogP contribution in [0.3, 0.4) is 0 Å². The molecule has 0 fully saturated rings. The van der Waals surface area contributed by atoms with Crippen LogP contribution in [0.2, 0.25) is 0 Å². The molecule has 0 aromatic heterocycles. The maximum atomic E-state index is 5.38. The molecule has 3 aromatic carbocycles. The van der Waals surface area contributed by atoms with Gasteiger partial charge in [-0.25, -0.2) is 0 Å². The topological polar surface area (TPSA) is 129 Å². The van der Waals surface area contributed by atoms with Crippen molar-refractivity contribution in [2.45, 2.75) is 12.8 Å². The van der Waals surface area contributed by atoms with Crippen molar-refractivity contribution in [2.75, 3.05) is 13.1 Å². The van der Waals surface area contributed by atoms with Gasteiger partial charge in [-0.3, -0.25) is 9.98 Å². The average Bonchev–Trinajstić information content (AvgIpc) is 2.83. The average molecular weight is 606 g/mol. The summed E-state index contributed by atoms with van der Waals surface area (Å²) in [4.78, 5) is 8.04. The summed E-state index contributed by atoms with van der Waals surface area (Å²) < 4.78 is 1.86. The van der Waals surface area contributed by atoms with E-state index in [0.717, 1.165) is 55.2 Å². The molecular formula is C28H26Br2N6. The number of hydrogen-bond donors (Lipinski definition) is 4. The van der Waals surface area contributed by atoms with Crippen molar-refractivity contribution in [2.24, 2.45) is 32.9 Å². The van der Waals surface area contributed by atoms with Crippen LogP contribution in [0.15, 0.2) is 79.6 Å². The van der Waals surface area contributed by atoms with E-state index in [4.69, 9.17) is 22.9 Å². The van der Waals surface area contributed by atoms with Crippen LogP contribution in [-0.2, 0) is 12.8 Å². The Bertz CT molecular complexity index is 1310. The monoisotopic (exact) mass is 604 g/mol. The zero-order chi connectivity index (χ0) is 25.9. The molecule has 36 heavy (non-hydrogen) atoms. The largest absolute Gasteiger partial charge is 0.370 e. The first kappa shape index (κ1) is 26.9. The predicted molar refractivity (Wildman–Crippen MR) is 155 cm³/mol. The van der Waals surface area contributed by atoms with Gasteiger partial charge in [-0.1, -0.05) is 41.9 Å². The van der Waals surface area contributed by atoms with Gasteiger partial charge in [-0.2, -0.15) is 0 Å². The second kappa shape index (κ2) is 13.4. The number of rotatable bonds is 6. The van der Waals surface area contributed by atoms with Gasteiger partial charge < -0.3 is 22.9 Å². The summed E-state index contributed by atoms with van der Waals surface area (Å²) >= 11 is 7.21. The van der Waals surface area contributed by atoms with E-state index in [2.05, 4.69) is 65.5 Å². The van der Waals surface area contributed by atoms with Crippen LogP contribution in [0.1, 0.15) is 33.4 Å². The molecule has 3 rings (SSSR count). The standard InChI is InChI=1S/C28H26Br2N6/c29-25-17-21(12-14-35-27(31)32)6-10-23(25)8-4-19-2-1-3-20(16-19)5-9-24-11-7-22(18-26(24)30)13-15-36-28(33)34/h1-3,6-7,10-11,16-18H,12-15H2,(H4,31,32,35)(H4,33,34,36). The second-order valence-electron chi connectivity index (χ2n) is 7.82. The molecule has 0 aliphatic heterocycles. The summed E-state index contributed by atoms with van der Waals surface area (Å²) in [5.74, 6) is 13.1. The summed E-state index contributed by atoms with van der Waals surface area (Å²) in [6.07, 6.45) is 1.50. The number of nitrogens with two attached hydrogens (primary N) is 4. The highest BCUT2D eigenvalue weighted by Gasteiger charge is 2.01. The van der Waals surface area contributed by atoms with E-state index >= 15 is 0 Å². The molecule has 0 atom stereocenters. The summed E-state index contributed by atoms with van der Waals surface area (Å²) in [6.45, 7) is 1.10. The van der Waals surface area contributed by atoms with Gasteiger partial charge in [0.15, 0.2) is 11.9 Å². The third-order valence-corrected chi connectivity index (χ3v) is 6.31. The van der Waals surface area contributed by atoms with E-state index in [9.17, 15) is 0 Å². The predicted octanol–water partition coefficient (Wildman–Crippen LogP) is 3.64. The minimum absolute atomic E-state index is 0.102. The third kappa shape index (κ3) is 8.81. The highest BCUT2D eigenvalue weighted by atomic mass is 79.9. The lowest BCUT2D eigenvalue weighted by atomic mass is 10.1. The van der Waals surface area contributed by atoms with Crippen LogP contribution in [0.25, 0.3) is 0 Å². The Morgan fingerprint density at radius 1 is 0.611 bits per heavy atom. The molecule has 0 radical (unpaired) electrons. The van der Waals surface area contributed by atoms with Gasteiger partial charge in [0.25, 0.3) is 0 Å². The minimum Gasteiger partial charge on any atom is -0.370 e. The molecule has 0 bridgehead atoms. The number of nitrogens with zero attached hydrogens (tertiary/aromatic N) is 2. The smallest absolute Gasteiger partial charge is 0.185 e. The molecule has 0 spiro atoms. The first-order valence-corrected chi connectivity index (χ1v) is 12.7.